The van der Waals surface area contributed by atoms with Gasteiger partial charge in [-0.05, 0) is 38.5 Å². The van der Waals surface area contributed by atoms with Crippen LogP contribution in [-0.4, -0.2) is 9.97 Å². The molecular formula is C14H15ClFN3. The van der Waals surface area contributed by atoms with Gasteiger partial charge in [0.2, 0.25) is 0 Å². The third-order valence-corrected chi connectivity index (χ3v) is 3.25. The molecule has 5 heteroatoms. The number of hydrogen-bond acceptors (Lipinski definition) is 3. The minimum atomic E-state index is -0.250. The van der Waals surface area contributed by atoms with Crippen molar-refractivity contribution in [2.75, 3.05) is 5.32 Å². The van der Waals surface area contributed by atoms with E-state index < -0.39 is 0 Å². The van der Waals surface area contributed by atoms with Crippen LogP contribution in [0.3, 0.4) is 0 Å². The fraction of sp³-hybridized carbons (Fsp3) is 0.286. The summed E-state index contributed by atoms with van der Waals surface area (Å²) in [5.74, 6) is 0.293. The minimum absolute atomic E-state index is 0.0329. The van der Waals surface area contributed by atoms with Gasteiger partial charge in [0.1, 0.15) is 5.82 Å². The largest absolute Gasteiger partial charge is 0.361 e. The molecule has 2 rings (SSSR count). The Morgan fingerprint density at radius 2 is 1.68 bits per heavy atom. The van der Waals surface area contributed by atoms with Crippen LogP contribution in [0.5, 0.6) is 0 Å². The van der Waals surface area contributed by atoms with Crippen LogP contribution in [0.1, 0.15) is 29.9 Å². The molecule has 0 amide bonds. The van der Waals surface area contributed by atoms with Crippen LogP contribution in [0.4, 0.5) is 10.2 Å². The molecule has 0 saturated heterocycles. The second kappa shape index (κ2) is 5.53. The van der Waals surface area contributed by atoms with Gasteiger partial charge in [0.15, 0.2) is 11.0 Å². The van der Waals surface area contributed by atoms with Gasteiger partial charge < -0.3 is 5.32 Å². The summed E-state index contributed by atoms with van der Waals surface area (Å²) in [6, 6.07) is 6.29. The first-order valence-corrected chi connectivity index (χ1v) is 6.38. The van der Waals surface area contributed by atoms with Crippen LogP contribution in [0.15, 0.2) is 24.3 Å². The summed E-state index contributed by atoms with van der Waals surface area (Å²) in [4.78, 5) is 8.59. The van der Waals surface area contributed by atoms with Gasteiger partial charge in [0.05, 0.1) is 17.4 Å². The SMILES string of the molecule is Cc1nc(Cl)c(NC(C)c2ccc(F)cc2)nc1C. The van der Waals surface area contributed by atoms with Crippen LogP contribution in [0.25, 0.3) is 0 Å². The summed E-state index contributed by atoms with van der Waals surface area (Å²) in [6.45, 7) is 5.70. The van der Waals surface area contributed by atoms with Gasteiger partial charge in [0, 0.05) is 0 Å². The molecule has 0 bridgehead atoms. The van der Waals surface area contributed by atoms with Gasteiger partial charge in [-0.2, -0.15) is 0 Å². The van der Waals surface area contributed by atoms with Gasteiger partial charge in [-0.3, -0.25) is 0 Å². The number of halogens is 2. The molecule has 1 atom stereocenters. The predicted octanol–water partition coefficient (Wildman–Crippen LogP) is 4.06. The second-order valence-corrected chi connectivity index (χ2v) is 4.81. The standard InChI is InChI=1S/C14H15ClFN3/c1-8-9(2)18-14(13(15)17-8)19-10(3)11-4-6-12(16)7-5-11/h4-7,10H,1-3H3,(H,18,19). The molecule has 2 aromatic rings. The predicted molar refractivity (Wildman–Crippen MR) is 75.0 cm³/mol. The molecule has 0 aliphatic rings. The van der Waals surface area contributed by atoms with E-state index in [0.29, 0.717) is 11.0 Å². The lowest BCUT2D eigenvalue weighted by Crippen LogP contribution is -2.10. The zero-order valence-electron chi connectivity index (χ0n) is 11.0. The fourth-order valence-corrected chi connectivity index (χ4v) is 1.93. The van der Waals surface area contributed by atoms with E-state index in [1.807, 2.05) is 20.8 Å². The maximum absolute atomic E-state index is 12.9. The van der Waals surface area contributed by atoms with Crippen molar-refractivity contribution in [3.8, 4) is 0 Å². The Hall–Kier alpha value is -1.68. The molecule has 19 heavy (non-hydrogen) atoms. The number of nitrogens with one attached hydrogen (secondary N) is 1. The number of anilines is 1. The molecule has 1 heterocycles. The first kappa shape index (κ1) is 13.7. The average Bonchev–Trinajstić information content (AvgIpc) is 2.36. The smallest absolute Gasteiger partial charge is 0.171 e. The monoisotopic (exact) mass is 279 g/mol. The Kier molecular flexibility index (Phi) is 4.00. The van der Waals surface area contributed by atoms with Crippen LogP contribution in [-0.2, 0) is 0 Å². The molecule has 0 aliphatic heterocycles. The fourth-order valence-electron chi connectivity index (χ4n) is 1.71. The second-order valence-electron chi connectivity index (χ2n) is 4.45. The quantitative estimate of drug-likeness (QED) is 0.921. The maximum Gasteiger partial charge on any atom is 0.171 e. The minimum Gasteiger partial charge on any atom is -0.361 e. The Balaban J connectivity index is 2.21. The molecule has 1 aromatic heterocycles. The normalized spacial score (nSPS) is 12.3. The van der Waals surface area contributed by atoms with Gasteiger partial charge in [-0.1, -0.05) is 23.7 Å². The highest BCUT2D eigenvalue weighted by atomic mass is 35.5. The van der Waals surface area contributed by atoms with E-state index in [-0.39, 0.29) is 11.9 Å². The van der Waals surface area contributed by atoms with Gasteiger partial charge in [-0.15, -0.1) is 0 Å². The van der Waals surface area contributed by atoms with Crippen molar-refractivity contribution in [2.24, 2.45) is 0 Å². The molecule has 0 spiro atoms. The summed E-state index contributed by atoms with van der Waals surface area (Å²) >= 11 is 6.06. The van der Waals surface area contributed by atoms with E-state index in [1.165, 1.54) is 12.1 Å². The first-order valence-electron chi connectivity index (χ1n) is 6.00. The van der Waals surface area contributed by atoms with Crippen LogP contribution in [0.2, 0.25) is 5.15 Å². The number of nitrogens with zero attached hydrogens (tertiary/aromatic N) is 2. The maximum atomic E-state index is 12.9. The van der Waals surface area contributed by atoms with Gasteiger partial charge >= 0.3 is 0 Å². The van der Waals surface area contributed by atoms with Crippen molar-refractivity contribution in [3.63, 3.8) is 0 Å². The third-order valence-electron chi connectivity index (χ3n) is 2.99. The average molecular weight is 280 g/mol. The van der Waals surface area contributed by atoms with E-state index >= 15 is 0 Å². The Morgan fingerprint density at radius 3 is 2.32 bits per heavy atom. The zero-order valence-corrected chi connectivity index (χ0v) is 11.8. The lowest BCUT2D eigenvalue weighted by molar-refractivity contribution is 0.626. The number of benzene rings is 1. The molecular weight excluding hydrogens is 265 g/mol. The highest BCUT2D eigenvalue weighted by Gasteiger charge is 2.11. The molecule has 0 radical (unpaired) electrons. The molecule has 3 nitrogen and oxygen atoms in total. The van der Waals surface area contributed by atoms with Crippen LogP contribution >= 0.6 is 11.6 Å². The van der Waals surface area contributed by atoms with Crippen molar-refractivity contribution < 1.29 is 4.39 Å². The van der Waals surface area contributed by atoms with E-state index in [1.54, 1.807) is 12.1 Å². The molecule has 0 fully saturated rings. The number of rotatable bonds is 3. The lowest BCUT2D eigenvalue weighted by Gasteiger charge is -2.16. The number of aryl methyl sites for hydroxylation is 2. The van der Waals surface area contributed by atoms with E-state index in [4.69, 9.17) is 11.6 Å². The van der Waals surface area contributed by atoms with Gasteiger partial charge in [-0.25, -0.2) is 14.4 Å². The summed E-state index contributed by atoms with van der Waals surface area (Å²) in [6.07, 6.45) is 0. The first-order chi connectivity index (χ1) is 8.97. The summed E-state index contributed by atoms with van der Waals surface area (Å²) < 4.78 is 12.9. The Bertz CT molecular complexity index is 584. The molecule has 100 valence electrons. The van der Waals surface area contributed by atoms with Crippen molar-refractivity contribution in [1.82, 2.24) is 9.97 Å². The highest BCUT2D eigenvalue weighted by Crippen LogP contribution is 2.24. The van der Waals surface area contributed by atoms with Crippen LogP contribution < -0.4 is 5.32 Å². The molecule has 1 N–H and O–H groups in total. The van der Waals surface area contributed by atoms with Crippen molar-refractivity contribution in [1.29, 1.82) is 0 Å². The number of hydrogen-bond donors (Lipinski definition) is 1. The van der Waals surface area contributed by atoms with Crippen molar-refractivity contribution in [3.05, 3.63) is 52.2 Å². The Morgan fingerprint density at radius 1 is 1.11 bits per heavy atom. The zero-order chi connectivity index (χ0) is 14.0. The topological polar surface area (TPSA) is 37.8 Å². The molecule has 0 aliphatic carbocycles. The lowest BCUT2D eigenvalue weighted by atomic mass is 10.1. The highest BCUT2D eigenvalue weighted by molar-refractivity contribution is 6.31. The number of aromatic nitrogens is 2. The van der Waals surface area contributed by atoms with E-state index in [0.717, 1.165) is 17.0 Å². The molecule has 1 unspecified atom stereocenters. The van der Waals surface area contributed by atoms with E-state index in [9.17, 15) is 4.39 Å². The van der Waals surface area contributed by atoms with Crippen LogP contribution in [0, 0.1) is 19.7 Å². The van der Waals surface area contributed by atoms with Crippen molar-refractivity contribution in [2.45, 2.75) is 26.8 Å². The summed E-state index contributed by atoms with van der Waals surface area (Å²) in [5.41, 5.74) is 2.60. The summed E-state index contributed by atoms with van der Waals surface area (Å²) in [5, 5.41) is 3.53. The third kappa shape index (κ3) is 3.20. The molecule has 0 saturated carbocycles. The van der Waals surface area contributed by atoms with E-state index in [2.05, 4.69) is 15.3 Å². The molecule has 1 aromatic carbocycles. The Labute approximate surface area is 116 Å². The van der Waals surface area contributed by atoms with Gasteiger partial charge in [0.25, 0.3) is 0 Å². The van der Waals surface area contributed by atoms with Crippen molar-refractivity contribution >= 4 is 17.4 Å². The summed E-state index contributed by atoms with van der Waals surface area (Å²) in [7, 11) is 0.